The molecule has 1 heterocycles. The summed E-state index contributed by atoms with van der Waals surface area (Å²) in [5.74, 6) is 0.751. The highest BCUT2D eigenvalue weighted by Crippen LogP contribution is 2.38. The molecule has 0 fully saturated rings. The number of nitrogens with zero attached hydrogens (tertiary/aromatic N) is 2. The van der Waals surface area contributed by atoms with Gasteiger partial charge in [0.2, 0.25) is 0 Å². The number of carboxylic acids is 1. The molecule has 4 aromatic rings. The molecule has 53 heavy (non-hydrogen) atoms. The Labute approximate surface area is 319 Å². The van der Waals surface area contributed by atoms with E-state index in [9.17, 15) is 14.9 Å². The summed E-state index contributed by atoms with van der Waals surface area (Å²) in [6.45, 7) is 5.86. The smallest absolute Gasteiger partial charge is 0.303 e. The molecule has 0 amide bonds. The molecule has 0 saturated heterocycles. The number of carbonyl (C=O) groups is 2. The van der Waals surface area contributed by atoms with Crippen molar-refractivity contribution in [1.29, 1.82) is 5.26 Å². The van der Waals surface area contributed by atoms with E-state index in [1.807, 2.05) is 36.4 Å². The van der Waals surface area contributed by atoms with Gasteiger partial charge in [-0.1, -0.05) is 77.3 Å². The van der Waals surface area contributed by atoms with E-state index < -0.39 is 5.97 Å². The third-order valence-electron chi connectivity index (χ3n) is 9.01. The maximum absolute atomic E-state index is 12.7. The Morgan fingerprint density at radius 1 is 0.660 bits per heavy atom. The standard InChI is InChI=1S/C45H54N2O5S/c1-3-5-7-13-31-51-40-25-21-38(22-26-40)47(39-23-27-41(28-24-39)52-32-14-8-6-4-2)37-19-17-35(18-20-37)44-30-29-42(53-44)33-36(34-46)43(48)15-11-9-10-12-16-45(49)50/h17-30,33H,3-16,31-32H2,1-2H3,(H,49,50)/b36-33+. The second-order valence-electron chi connectivity index (χ2n) is 13.3. The quantitative estimate of drug-likeness (QED) is 0.0411. The molecular weight excluding hydrogens is 681 g/mol. The zero-order chi connectivity index (χ0) is 37.7. The lowest BCUT2D eigenvalue weighted by atomic mass is 10.0. The average molecular weight is 735 g/mol. The molecule has 7 nitrogen and oxygen atoms in total. The number of allylic oxidation sites excluding steroid dienone is 1. The van der Waals surface area contributed by atoms with E-state index in [-0.39, 0.29) is 24.2 Å². The molecule has 0 aliphatic heterocycles. The fraction of sp³-hybridized carbons (Fsp3) is 0.400. The van der Waals surface area contributed by atoms with Crippen LogP contribution < -0.4 is 14.4 Å². The summed E-state index contributed by atoms with van der Waals surface area (Å²) >= 11 is 1.54. The maximum Gasteiger partial charge on any atom is 0.303 e. The largest absolute Gasteiger partial charge is 0.494 e. The Balaban J connectivity index is 1.47. The minimum absolute atomic E-state index is 0.144. The first-order chi connectivity index (χ1) is 25.9. The van der Waals surface area contributed by atoms with Gasteiger partial charge in [0, 0.05) is 39.7 Å². The molecular formula is C45H54N2O5S. The third-order valence-corrected chi connectivity index (χ3v) is 10.1. The van der Waals surface area contributed by atoms with Crippen LogP contribution in [0.5, 0.6) is 11.5 Å². The minimum atomic E-state index is -0.802. The number of carboxylic acid groups (broad SMARTS) is 1. The van der Waals surface area contributed by atoms with Crippen molar-refractivity contribution in [3.63, 3.8) is 0 Å². The number of unbranched alkanes of at least 4 members (excludes halogenated alkanes) is 9. The number of carbonyl (C=O) groups excluding carboxylic acids is 1. The molecule has 0 saturated carbocycles. The van der Waals surface area contributed by atoms with E-state index in [2.05, 4.69) is 73.3 Å². The van der Waals surface area contributed by atoms with Gasteiger partial charge in [0.05, 0.1) is 18.8 Å². The predicted octanol–water partition coefficient (Wildman–Crippen LogP) is 12.7. The van der Waals surface area contributed by atoms with Crippen molar-refractivity contribution in [2.24, 2.45) is 0 Å². The van der Waals surface area contributed by atoms with Gasteiger partial charge >= 0.3 is 5.97 Å². The number of nitriles is 1. The van der Waals surface area contributed by atoms with Crippen molar-refractivity contribution in [3.05, 3.63) is 95.4 Å². The van der Waals surface area contributed by atoms with Gasteiger partial charge in [-0.2, -0.15) is 5.26 Å². The Bertz CT molecular complexity index is 1700. The van der Waals surface area contributed by atoms with E-state index >= 15 is 0 Å². The van der Waals surface area contributed by atoms with E-state index in [1.165, 1.54) is 49.9 Å². The van der Waals surface area contributed by atoms with Crippen LogP contribution in [0.25, 0.3) is 16.5 Å². The number of hydrogen-bond donors (Lipinski definition) is 1. The molecule has 0 atom stereocenters. The number of thiophene rings is 1. The van der Waals surface area contributed by atoms with Crippen molar-refractivity contribution in [3.8, 4) is 28.0 Å². The van der Waals surface area contributed by atoms with Gasteiger partial charge in [-0.15, -0.1) is 11.3 Å². The van der Waals surface area contributed by atoms with Gasteiger partial charge in [0.25, 0.3) is 0 Å². The summed E-state index contributed by atoms with van der Waals surface area (Å²) < 4.78 is 12.1. The summed E-state index contributed by atoms with van der Waals surface area (Å²) in [7, 11) is 0. The summed E-state index contributed by atoms with van der Waals surface area (Å²) in [6, 6.07) is 31.0. The Morgan fingerprint density at radius 2 is 1.15 bits per heavy atom. The monoisotopic (exact) mass is 734 g/mol. The fourth-order valence-electron chi connectivity index (χ4n) is 6.00. The van der Waals surface area contributed by atoms with Gasteiger partial charge in [-0.3, -0.25) is 9.59 Å². The number of Topliss-reactive ketones (excluding diaryl/α,β-unsaturated/α-hetero) is 1. The molecule has 280 valence electrons. The van der Waals surface area contributed by atoms with Crippen LogP contribution in [0.3, 0.4) is 0 Å². The van der Waals surface area contributed by atoms with Crippen LogP contribution in [0.2, 0.25) is 0 Å². The van der Waals surface area contributed by atoms with Crippen molar-refractivity contribution >= 4 is 46.2 Å². The zero-order valence-corrected chi connectivity index (χ0v) is 32.2. The Morgan fingerprint density at radius 3 is 1.64 bits per heavy atom. The van der Waals surface area contributed by atoms with E-state index in [0.717, 1.165) is 82.8 Å². The summed E-state index contributed by atoms with van der Waals surface area (Å²) in [5.41, 5.74) is 4.23. The van der Waals surface area contributed by atoms with Crippen LogP contribution in [0.4, 0.5) is 17.1 Å². The van der Waals surface area contributed by atoms with Gasteiger partial charge in [0.1, 0.15) is 17.6 Å². The lowest BCUT2D eigenvalue weighted by Crippen LogP contribution is -2.10. The lowest BCUT2D eigenvalue weighted by Gasteiger charge is -2.26. The topological polar surface area (TPSA) is 99.9 Å². The van der Waals surface area contributed by atoms with Crippen molar-refractivity contribution < 1.29 is 24.2 Å². The lowest BCUT2D eigenvalue weighted by molar-refractivity contribution is -0.137. The SMILES string of the molecule is CCCCCCOc1ccc(N(c2ccc(OCCCCCC)cc2)c2ccc(-c3ccc(/C=C(\C#N)C(=O)CCCCCCC(=O)O)s3)cc2)cc1. The zero-order valence-electron chi connectivity index (χ0n) is 31.4. The number of anilines is 3. The number of rotatable bonds is 25. The van der Waals surface area contributed by atoms with Gasteiger partial charge in [-0.25, -0.2) is 0 Å². The first-order valence-electron chi connectivity index (χ1n) is 19.2. The second-order valence-corrected chi connectivity index (χ2v) is 14.4. The van der Waals surface area contributed by atoms with Crippen molar-refractivity contribution in [1.82, 2.24) is 0 Å². The van der Waals surface area contributed by atoms with Crippen molar-refractivity contribution in [2.45, 2.75) is 104 Å². The number of ketones is 1. The molecule has 4 rings (SSSR count). The molecule has 0 aliphatic rings. The number of benzene rings is 3. The molecule has 1 aromatic heterocycles. The first kappa shape index (κ1) is 40.9. The Hall–Kier alpha value is -4.87. The normalized spacial score (nSPS) is 11.2. The van der Waals surface area contributed by atoms with Crippen LogP contribution in [-0.2, 0) is 9.59 Å². The number of ether oxygens (including phenoxy) is 2. The van der Waals surface area contributed by atoms with Crippen LogP contribution in [-0.4, -0.2) is 30.1 Å². The average Bonchev–Trinajstić information content (AvgIpc) is 3.65. The molecule has 0 bridgehead atoms. The second kappa shape index (κ2) is 22.9. The number of hydrogen-bond acceptors (Lipinski definition) is 7. The summed E-state index contributed by atoms with van der Waals surface area (Å²) in [6.07, 6.45) is 14.2. The van der Waals surface area contributed by atoms with Crippen LogP contribution in [0.15, 0.2) is 90.5 Å². The molecule has 1 N–H and O–H groups in total. The highest BCUT2D eigenvalue weighted by molar-refractivity contribution is 7.16. The minimum Gasteiger partial charge on any atom is -0.494 e. The van der Waals surface area contributed by atoms with E-state index in [0.29, 0.717) is 12.8 Å². The third kappa shape index (κ3) is 13.9. The molecule has 8 heteroatoms. The molecule has 0 unspecified atom stereocenters. The van der Waals surface area contributed by atoms with Crippen LogP contribution >= 0.6 is 11.3 Å². The maximum atomic E-state index is 12.7. The van der Waals surface area contributed by atoms with E-state index in [1.54, 1.807) is 6.08 Å². The Kier molecular flexibility index (Phi) is 17.7. The fourth-order valence-corrected chi connectivity index (χ4v) is 6.95. The molecule has 0 spiro atoms. The highest BCUT2D eigenvalue weighted by Gasteiger charge is 2.15. The molecule has 0 aliphatic carbocycles. The highest BCUT2D eigenvalue weighted by atomic mass is 32.1. The number of aliphatic carboxylic acids is 1. The van der Waals surface area contributed by atoms with Gasteiger partial charge in [-0.05, 0) is 110 Å². The van der Waals surface area contributed by atoms with Gasteiger partial charge < -0.3 is 19.5 Å². The molecule has 0 radical (unpaired) electrons. The first-order valence-corrected chi connectivity index (χ1v) is 20.1. The predicted molar refractivity (Wildman–Crippen MR) is 218 cm³/mol. The summed E-state index contributed by atoms with van der Waals surface area (Å²) in [5, 5.41) is 18.5. The van der Waals surface area contributed by atoms with Crippen LogP contribution in [0.1, 0.15) is 109 Å². The van der Waals surface area contributed by atoms with E-state index in [4.69, 9.17) is 14.6 Å². The summed E-state index contributed by atoms with van der Waals surface area (Å²) in [4.78, 5) is 27.5. The van der Waals surface area contributed by atoms with Crippen molar-refractivity contribution in [2.75, 3.05) is 18.1 Å². The van der Waals surface area contributed by atoms with Gasteiger partial charge in [0.15, 0.2) is 5.78 Å². The van der Waals surface area contributed by atoms with Crippen LogP contribution in [0, 0.1) is 11.3 Å². The molecule has 3 aromatic carbocycles.